The lowest BCUT2D eigenvalue weighted by Gasteiger charge is -2.19. The second-order valence-electron chi connectivity index (χ2n) is 6.58. The van der Waals surface area contributed by atoms with E-state index in [1.807, 2.05) is 27.7 Å². The van der Waals surface area contributed by atoms with Gasteiger partial charge in [0.25, 0.3) is 0 Å². The molecule has 2 amide bonds. The van der Waals surface area contributed by atoms with Crippen LogP contribution in [0.2, 0.25) is 0 Å². The Morgan fingerprint density at radius 1 is 0.636 bits per heavy atom. The molecule has 196 valence electrons. The Labute approximate surface area is 218 Å². The molecule has 8 nitrogen and oxygen atoms in total. The van der Waals surface area contributed by atoms with Gasteiger partial charge in [-0.25, -0.2) is 0 Å². The van der Waals surface area contributed by atoms with Crippen LogP contribution in [0.5, 0.6) is 0 Å². The highest BCUT2D eigenvalue weighted by atomic mass is 32.9. The Morgan fingerprint density at radius 2 is 0.939 bits per heavy atom. The van der Waals surface area contributed by atoms with Crippen molar-refractivity contribution in [3.05, 3.63) is 0 Å². The van der Waals surface area contributed by atoms with E-state index in [1.54, 1.807) is 0 Å². The Kier molecular flexibility index (Phi) is 21.4. The second-order valence-corrected chi connectivity index (χ2v) is 19.2. The molecule has 0 fully saturated rings. The van der Waals surface area contributed by atoms with Gasteiger partial charge in [0.15, 0.2) is 0 Å². The highest BCUT2D eigenvalue weighted by Crippen LogP contribution is 2.61. The number of amides is 2. The van der Waals surface area contributed by atoms with Gasteiger partial charge in [-0.3, -0.25) is 9.59 Å². The summed E-state index contributed by atoms with van der Waals surface area (Å²) >= 11 is 13.4. The summed E-state index contributed by atoms with van der Waals surface area (Å²) in [4.78, 5) is 24.0. The van der Waals surface area contributed by atoms with Gasteiger partial charge in [-0.05, 0) is 64.2 Å². The summed E-state index contributed by atoms with van der Waals surface area (Å²) in [5, 5.41) is 5.83. The second kappa shape index (κ2) is 20.9. The van der Waals surface area contributed by atoms with Crippen molar-refractivity contribution < 1.29 is 27.7 Å². The van der Waals surface area contributed by atoms with Crippen LogP contribution < -0.4 is 10.6 Å². The molecule has 0 bridgehead atoms. The number of rotatable bonds is 22. The van der Waals surface area contributed by atoms with Crippen molar-refractivity contribution in [2.75, 3.05) is 51.0 Å². The summed E-state index contributed by atoms with van der Waals surface area (Å²) < 4.78 is 22.1. The van der Waals surface area contributed by atoms with Gasteiger partial charge in [0.2, 0.25) is 23.2 Å². The van der Waals surface area contributed by atoms with Crippen molar-refractivity contribution >= 4 is 69.6 Å². The molecular formula is C19H40N2O6P2S4. The van der Waals surface area contributed by atoms with Crippen LogP contribution in [0.4, 0.5) is 0 Å². The summed E-state index contributed by atoms with van der Waals surface area (Å²) in [6.07, 6.45) is 4.95. The fraction of sp³-hybridized carbons (Fsp3) is 0.895. The van der Waals surface area contributed by atoms with E-state index >= 15 is 0 Å². The molecule has 2 N–H and O–H groups in total. The zero-order valence-electron chi connectivity index (χ0n) is 20.2. The number of carbonyl (C=O) groups excluding carboxylic acids is 2. The summed E-state index contributed by atoms with van der Waals surface area (Å²) in [5.41, 5.74) is -4.84. The topological polar surface area (TPSA) is 95.1 Å². The van der Waals surface area contributed by atoms with Crippen LogP contribution in [0.25, 0.3) is 0 Å². The van der Waals surface area contributed by atoms with Gasteiger partial charge in [-0.1, -0.05) is 42.0 Å². The predicted octanol–water partition coefficient (Wildman–Crippen LogP) is 5.23. The largest absolute Gasteiger partial charge is 0.355 e. The summed E-state index contributed by atoms with van der Waals surface area (Å²) in [5.74, 6) is 0.402. The van der Waals surface area contributed by atoms with E-state index in [4.69, 9.17) is 41.7 Å². The van der Waals surface area contributed by atoms with Gasteiger partial charge >= 0.3 is 0 Å². The monoisotopic (exact) mass is 582 g/mol. The van der Waals surface area contributed by atoms with E-state index in [-0.39, 0.29) is 23.3 Å². The van der Waals surface area contributed by atoms with E-state index < -0.39 is 11.4 Å². The average molecular weight is 583 g/mol. The lowest BCUT2D eigenvalue weighted by atomic mass is 10.1. The molecule has 0 aromatic carbocycles. The Morgan fingerprint density at radius 3 is 1.24 bits per heavy atom. The minimum absolute atomic E-state index is 0.0477. The maximum Gasteiger partial charge on any atom is 0.247 e. The highest BCUT2D eigenvalue weighted by Gasteiger charge is 2.21. The molecular weight excluding hydrogens is 542 g/mol. The first-order chi connectivity index (χ1) is 15.7. The fourth-order valence-corrected chi connectivity index (χ4v) is 11.0. The molecule has 0 aliphatic rings. The van der Waals surface area contributed by atoms with E-state index in [2.05, 4.69) is 10.6 Å². The molecule has 0 unspecified atom stereocenters. The van der Waals surface area contributed by atoms with E-state index in [9.17, 15) is 9.59 Å². The van der Waals surface area contributed by atoms with Crippen molar-refractivity contribution in [3.8, 4) is 0 Å². The lowest BCUT2D eigenvalue weighted by molar-refractivity contribution is -0.119. The fourth-order valence-electron chi connectivity index (χ4n) is 2.47. The average Bonchev–Trinajstić information content (AvgIpc) is 2.76. The molecule has 0 heterocycles. The number of nitrogens with one attached hydrogen (secondary N) is 2. The van der Waals surface area contributed by atoms with Gasteiger partial charge in [0.1, 0.15) is 0 Å². The van der Waals surface area contributed by atoms with Gasteiger partial charge in [0.05, 0.1) is 37.9 Å². The number of unbranched alkanes of at least 4 members (excludes halogenated alkanes) is 4. The maximum atomic E-state index is 12.0. The molecule has 0 radical (unpaired) electrons. The highest BCUT2D eigenvalue weighted by molar-refractivity contribution is 8.68. The number of hydrogen-bond donors (Lipinski definition) is 2. The molecule has 33 heavy (non-hydrogen) atoms. The van der Waals surface area contributed by atoms with Crippen molar-refractivity contribution in [1.29, 1.82) is 0 Å². The molecule has 0 aliphatic carbocycles. The zero-order valence-corrected chi connectivity index (χ0v) is 25.2. The van der Waals surface area contributed by atoms with Crippen molar-refractivity contribution in [1.82, 2.24) is 10.6 Å². The third kappa shape index (κ3) is 18.7. The maximum absolute atomic E-state index is 12.0. The van der Waals surface area contributed by atoms with Crippen LogP contribution in [-0.2, 0) is 51.3 Å². The molecule has 0 spiro atoms. The van der Waals surface area contributed by atoms with Gasteiger partial charge < -0.3 is 28.7 Å². The van der Waals surface area contributed by atoms with Crippen LogP contribution in [0.15, 0.2) is 0 Å². The van der Waals surface area contributed by atoms with Gasteiger partial charge in [-0.2, -0.15) is 0 Å². The minimum Gasteiger partial charge on any atom is -0.355 e. The Bertz CT molecular complexity index is 573. The molecule has 0 aliphatic heterocycles. The third-order valence-corrected chi connectivity index (χ3v) is 14.7. The van der Waals surface area contributed by atoms with E-state index in [0.29, 0.717) is 39.5 Å². The minimum atomic E-state index is -2.42. The third-order valence-electron chi connectivity index (χ3n) is 3.85. The molecule has 0 aromatic rings. The quantitative estimate of drug-likeness (QED) is 0.131. The normalized spacial score (nSPS) is 12.0. The number of hydrogen-bond acceptors (Lipinski definition) is 10. The van der Waals surface area contributed by atoms with Gasteiger partial charge in [-0.15, -0.1) is 0 Å². The Balaban J connectivity index is 3.76. The summed E-state index contributed by atoms with van der Waals surface area (Å²) in [6.45, 7) is 10.7. The van der Waals surface area contributed by atoms with Crippen LogP contribution in [0.1, 0.15) is 59.8 Å². The Hall–Kier alpha value is 0.780. The van der Waals surface area contributed by atoms with Crippen molar-refractivity contribution in [3.63, 3.8) is 0 Å². The van der Waals surface area contributed by atoms with Gasteiger partial charge in [0, 0.05) is 13.1 Å². The summed E-state index contributed by atoms with van der Waals surface area (Å²) in [7, 11) is 0. The number of carbonyl (C=O) groups is 2. The first-order valence-electron chi connectivity index (χ1n) is 11.3. The lowest BCUT2D eigenvalue weighted by Crippen LogP contribution is -2.26. The molecule has 14 heteroatoms. The molecule has 0 atom stereocenters. The predicted molar refractivity (Wildman–Crippen MR) is 149 cm³/mol. The molecule has 0 rings (SSSR count). The molecule has 0 aromatic heterocycles. The molecule has 0 saturated carbocycles. The van der Waals surface area contributed by atoms with Crippen LogP contribution >= 0.6 is 34.2 Å². The first-order valence-corrected chi connectivity index (χ1v) is 19.8. The van der Waals surface area contributed by atoms with Crippen molar-refractivity contribution in [2.45, 2.75) is 59.8 Å². The van der Waals surface area contributed by atoms with E-state index in [1.165, 1.54) is 22.8 Å². The molecule has 0 saturated heterocycles. The SMILES string of the molecule is CCOP(=S)(OCC)SCC(=O)NCCCCCCCNC(=O)CSP(=S)(OCC)OCC. The van der Waals surface area contributed by atoms with Crippen LogP contribution in [0.3, 0.4) is 0 Å². The van der Waals surface area contributed by atoms with Crippen molar-refractivity contribution in [2.24, 2.45) is 0 Å². The zero-order chi connectivity index (χ0) is 25.0. The van der Waals surface area contributed by atoms with Crippen LogP contribution in [0, 0.1) is 0 Å². The standard InChI is InChI=1S/C19H40N2O6P2S4/c1-5-24-28(30,25-6-2)32-16-18(22)20-14-12-10-9-11-13-15-21-19(23)17-33-29(31,26-7-3)27-8-4/h5-17H2,1-4H3,(H,20,22)(H,21,23). The summed E-state index contributed by atoms with van der Waals surface area (Å²) in [6, 6.07) is 0. The van der Waals surface area contributed by atoms with E-state index in [0.717, 1.165) is 32.1 Å². The smallest absolute Gasteiger partial charge is 0.247 e. The first kappa shape index (κ1) is 33.8. The van der Waals surface area contributed by atoms with Crippen LogP contribution in [-0.4, -0.2) is 62.8 Å².